The standard InChI is InChI=1S/C24H35N5OS/c1-19(23(30)25-21-13-7-3-8-14-21)31-24-27-26-22(18-28-15-9-4-10-16-28)29(24)17-20-11-5-2-6-12-20/h2,5-6,11-12,19,21H,3-4,7-10,13-18H2,1H3,(H,25,30). The third-order valence-corrected chi connectivity index (χ3v) is 7.47. The average molecular weight is 442 g/mol. The number of aromatic nitrogens is 3. The lowest BCUT2D eigenvalue weighted by Crippen LogP contribution is -2.40. The van der Waals surface area contributed by atoms with Crippen molar-refractivity contribution < 1.29 is 4.79 Å². The number of nitrogens with one attached hydrogen (secondary N) is 1. The average Bonchev–Trinajstić information content (AvgIpc) is 3.16. The normalized spacial score (nSPS) is 19.3. The Labute approximate surface area is 190 Å². The molecule has 1 aliphatic carbocycles. The first-order valence-electron chi connectivity index (χ1n) is 11.8. The van der Waals surface area contributed by atoms with Crippen LogP contribution < -0.4 is 5.32 Å². The molecule has 1 aromatic heterocycles. The zero-order valence-electron chi connectivity index (χ0n) is 18.6. The van der Waals surface area contributed by atoms with E-state index in [0.717, 1.165) is 50.0 Å². The third kappa shape index (κ3) is 6.32. The molecule has 31 heavy (non-hydrogen) atoms. The van der Waals surface area contributed by atoms with Crippen LogP contribution >= 0.6 is 11.8 Å². The number of hydrogen-bond acceptors (Lipinski definition) is 5. The van der Waals surface area contributed by atoms with Crippen LogP contribution in [-0.4, -0.2) is 50.0 Å². The van der Waals surface area contributed by atoms with E-state index in [0.29, 0.717) is 6.04 Å². The number of benzene rings is 1. The Balaban J connectivity index is 1.46. The number of piperidine rings is 1. The molecule has 1 saturated carbocycles. The second-order valence-corrected chi connectivity index (χ2v) is 10.2. The molecule has 0 spiro atoms. The Morgan fingerprint density at radius 3 is 2.48 bits per heavy atom. The summed E-state index contributed by atoms with van der Waals surface area (Å²) in [4.78, 5) is 15.3. The molecule has 1 saturated heterocycles. The first-order valence-corrected chi connectivity index (χ1v) is 12.7. The van der Waals surface area contributed by atoms with E-state index < -0.39 is 0 Å². The van der Waals surface area contributed by atoms with Crippen LogP contribution in [0.4, 0.5) is 0 Å². The van der Waals surface area contributed by atoms with Crippen molar-refractivity contribution in [3.05, 3.63) is 41.7 Å². The number of likely N-dealkylation sites (tertiary alicyclic amines) is 1. The first kappa shape index (κ1) is 22.3. The number of amides is 1. The molecule has 168 valence electrons. The van der Waals surface area contributed by atoms with Crippen molar-refractivity contribution in [1.82, 2.24) is 25.0 Å². The van der Waals surface area contributed by atoms with Crippen molar-refractivity contribution in [2.75, 3.05) is 13.1 Å². The molecule has 1 aromatic carbocycles. The topological polar surface area (TPSA) is 63.1 Å². The fourth-order valence-electron chi connectivity index (χ4n) is 4.54. The Hall–Kier alpha value is -1.86. The lowest BCUT2D eigenvalue weighted by atomic mass is 9.95. The van der Waals surface area contributed by atoms with Crippen molar-refractivity contribution in [2.24, 2.45) is 0 Å². The van der Waals surface area contributed by atoms with Crippen LogP contribution in [0.5, 0.6) is 0 Å². The minimum absolute atomic E-state index is 0.115. The lowest BCUT2D eigenvalue weighted by molar-refractivity contribution is -0.121. The van der Waals surface area contributed by atoms with Gasteiger partial charge in [0, 0.05) is 6.04 Å². The van der Waals surface area contributed by atoms with Crippen LogP contribution in [0.15, 0.2) is 35.5 Å². The van der Waals surface area contributed by atoms with Gasteiger partial charge in [-0.1, -0.05) is 67.8 Å². The number of nitrogens with zero attached hydrogens (tertiary/aromatic N) is 4. The van der Waals surface area contributed by atoms with E-state index in [2.05, 4.69) is 49.2 Å². The van der Waals surface area contributed by atoms with Gasteiger partial charge in [-0.3, -0.25) is 9.69 Å². The van der Waals surface area contributed by atoms with Gasteiger partial charge < -0.3 is 9.88 Å². The second kappa shape index (κ2) is 11.1. The summed E-state index contributed by atoms with van der Waals surface area (Å²) in [6.45, 7) is 5.79. The number of hydrogen-bond donors (Lipinski definition) is 1. The van der Waals surface area contributed by atoms with Crippen LogP contribution in [-0.2, 0) is 17.9 Å². The fourth-order valence-corrected chi connectivity index (χ4v) is 5.42. The van der Waals surface area contributed by atoms with E-state index in [-0.39, 0.29) is 11.2 Å². The van der Waals surface area contributed by atoms with E-state index in [1.165, 1.54) is 55.9 Å². The zero-order valence-corrected chi connectivity index (χ0v) is 19.4. The fraction of sp³-hybridized carbons (Fsp3) is 0.625. The molecular weight excluding hydrogens is 406 g/mol. The highest BCUT2D eigenvalue weighted by molar-refractivity contribution is 8.00. The van der Waals surface area contributed by atoms with Crippen molar-refractivity contribution >= 4 is 17.7 Å². The van der Waals surface area contributed by atoms with Crippen molar-refractivity contribution in [2.45, 2.75) is 87.8 Å². The maximum Gasteiger partial charge on any atom is 0.233 e. The summed E-state index contributed by atoms with van der Waals surface area (Å²) in [5.74, 6) is 1.11. The molecule has 2 heterocycles. The molecule has 4 rings (SSSR count). The summed E-state index contributed by atoms with van der Waals surface area (Å²) in [5, 5.41) is 13.0. The summed E-state index contributed by atoms with van der Waals surface area (Å²) < 4.78 is 2.21. The Kier molecular flexibility index (Phi) is 8.03. The van der Waals surface area contributed by atoms with Crippen LogP contribution in [0.2, 0.25) is 0 Å². The van der Waals surface area contributed by atoms with Gasteiger partial charge in [-0.25, -0.2) is 0 Å². The van der Waals surface area contributed by atoms with Crippen LogP contribution in [0.3, 0.4) is 0 Å². The first-order chi connectivity index (χ1) is 15.2. The molecule has 1 atom stereocenters. The SMILES string of the molecule is CC(Sc1nnc(CN2CCCCC2)n1Cc1ccccc1)C(=O)NC1CCCCC1. The zero-order chi connectivity index (χ0) is 21.5. The van der Waals surface area contributed by atoms with Crippen LogP contribution in [0.1, 0.15) is 69.7 Å². The lowest BCUT2D eigenvalue weighted by Gasteiger charge is -2.26. The largest absolute Gasteiger partial charge is 0.352 e. The van der Waals surface area contributed by atoms with E-state index in [4.69, 9.17) is 0 Å². The van der Waals surface area contributed by atoms with Gasteiger partial charge in [0.2, 0.25) is 5.91 Å². The summed E-state index contributed by atoms with van der Waals surface area (Å²) >= 11 is 1.53. The molecular formula is C24H35N5OS. The maximum atomic E-state index is 12.8. The molecule has 0 bridgehead atoms. The summed E-state index contributed by atoms with van der Waals surface area (Å²) in [7, 11) is 0. The number of rotatable bonds is 8. The molecule has 2 aliphatic rings. The molecule has 1 aliphatic heterocycles. The van der Waals surface area contributed by atoms with Gasteiger partial charge in [-0.2, -0.15) is 0 Å². The van der Waals surface area contributed by atoms with Crippen LogP contribution in [0, 0.1) is 0 Å². The van der Waals surface area contributed by atoms with Gasteiger partial charge >= 0.3 is 0 Å². The molecule has 6 nitrogen and oxygen atoms in total. The molecule has 2 aromatic rings. The molecule has 1 unspecified atom stereocenters. The van der Waals surface area contributed by atoms with E-state index in [9.17, 15) is 4.79 Å². The Morgan fingerprint density at radius 2 is 1.74 bits per heavy atom. The molecule has 1 amide bonds. The van der Waals surface area contributed by atoms with Gasteiger partial charge in [0.15, 0.2) is 5.16 Å². The van der Waals surface area contributed by atoms with E-state index >= 15 is 0 Å². The predicted octanol–water partition coefficient (Wildman–Crippen LogP) is 4.24. The number of carbonyl (C=O) groups excluding carboxylic acids is 1. The summed E-state index contributed by atoms with van der Waals surface area (Å²) in [5.41, 5.74) is 1.23. The van der Waals surface area contributed by atoms with Gasteiger partial charge in [0.05, 0.1) is 18.3 Å². The smallest absolute Gasteiger partial charge is 0.233 e. The van der Waals surface area contributed by atoms with Crippen molar-refractivity contribution in [1.29, 1.82) is 0 Å². The Bertz CT molecular complexity index is 828. The maximum absolute atomic E-state index is 12.8. The molecule has 2 fully saturated rings. The monoisotopic (exact) mass is 441 g/mol. The highest BCUT2D eigenvalue weighted by atomic mass is 32.2. The minimum atomic E-state index is -0.191. The quantitative estimate of drug-likeness (QED) is 0.621. The third-order valence-electron chi connectivity index (χ3n) is 6.39. The highest BCUT2D eigenvalue weighted by Crippen LogP contribution is 2.25. The molecule has 1 N–H and O–H groups in total. The summed E-state index contributed by atoms with van der Waals surface area (Å²) in [6.07, 6.45) is 9.77. The predicted molar refractivity (Wildman–Crippen MR) is 125 cm³/mol. The van der Waals surface area contributed by atoms with Crippen molar-refractivity contribution in [3.63, 3.8) is 0 Å². The molecule has 7 heteroatoms. The van der Waals surface area contributed by atoms with Crippen LogP contribution in [0.25, 0.3) is 0 Å². The second-order valence-electron chi connectivity index (χ2n) is 8.91. The minimum Gasteiger partial charge on any atom is -0.352 e. The van der Waals surface area contributed by atoms with Gasteiger partial charge in [0.25, 0.3) is 0 Å². The van der Waals surface area contributed by atoms with E-state index in [1.54, 1.807) is 0 Å². The van der Waals surface area contributed by atoms with Crippen molar-refractivity contribution in [3.8, 4) is 0 Å². The Morgan fingerprint density at radius 1 is 1.03 bits per heavy atom. The number of thioether (sulfide) groups is 1. The van der Waals surface area contributed by atoms with Gasteiger partial charge in [0.1, 0.15) is 5.82 Å². The summed E-state index contributed by atoms with van der Waals surface area (Å²) in [6, 6.07) is 10.8. The van der Waals surface area contributed by atoms with Gasteiger partial charge in [-0.15, -0.1) is 10.2 Å². The van der Waals surface area contributed by atoms with Gasteiger partial charge in [-0.05, 0) is 51.3 Å². The molecule has 0 radical (unpaired) electrons. The highest BCUT2D eigenvalue weighted by Gasteiger charge is 2.24. The number of carbonyl (C=O) groups is 1. The van der Waals surface area contributed by atoms with E-state index in [1.807, 2.05) is 13.0 Å².